The summed E-state index contributed by atoms with van der Waals surface area (Å²) in [6, 6.07) is -0.232. The van der Waals surface area contributed by atoms with Crippen molar-refractivity contribution in [1.29, 1.82) is 0 Å². The topological polar surface area (TPSA) is 80.6 Å². The Bertz CT molecular complexity index is 661. The van der Waals surface area contributed by atoms with E-state index in [1.54, 1.807) is 4.68 Å². The number of hydrogen-bond donors (Lipinski definition) is 0. The molecule has 0 N–H and O–H groups in total. The van der Waals surface area contributed by atoms with E-state index in [0.29, 0.717) is 6.54 Å². The molecule has 2 aliphatic rings. The van der Waals surface area contributed by atoms with Crippen molar-refractivity contribution >= 4 is 11.9 Å². The predicted octanol–water partition coefficient (Wildman–Crippen LogP) is 1.60. The summed E-state index contributed by atoms with van der Waals surface area (Å²) in [6.45, 7) is 8.94. The molecule has 150 valence electrons. The van der Waals surface area contributed by atoms with E-state index in [1.165, 1.54) is 6.42 Å². The maximum Gasteiger partial charge on any atom is 0.323 e. The third-order valence-corrected chi connectivity index (χ3v) is 5.00. The van der Waals surface area contributed by atoms with Gasteiger partial charge in [0, 0.05) is 19.6 Å². The van der Waals surface area contributed by atoms with E-state index >= 15 is 0 Å². The number of amides is 1. The largest absolute Gasteiger partial charge is 0.459 e. The quantitative estimate of drug-likeness (QED) is 0.725. The van der Waals surface area contributed by atoms with Crippen molar-refractivity contribution in [1.82, 2.24) is 24.8 Å². The maximum absolute atomic E-state index is 12.4. The number of likely N-dealkylation sites (tertiary alicyclic amines) is 2. The lowest BCUT2D eigenvalue weighted by atomic mass is 10.1. The number of carbonyl (C=O) groups is 2. The Balaban J connectivity index is 1.55. The molecule has 8 heteroatoms. The summed E-state index contributed by atoms with van der Waals surface area (Å²) >= 11 is 0. The van der Waals surface area contributed by atoms with Gasteiger partial charge in [-0.1, -0.05) is 5.21 Å². The van der Waals surface area contributed by atoms with Crippen LogP contribution in [0.15, 0.2) is 6.20 Å². The number of ether oxygens (including phenoxy) is 1. The van der Waals surface area contributed by atoms with Crippen LogP contribution < -0.4 is 0 Å². The summed E-state index contributed by atoms with van der Waals surface area (Å²) in [7, 11) is 0. The molecule has 0 aromatic carbocycles. The highest BCUT2D eigenvalue weighted by atomic mass is 16.6. The first-order chi connectivity index (χ1) is 12.8. The fraction of sp³-hybridized carbons (Fsp3) is 0.789. The van der Waals surface area contributed by atoms with Crippen molar-refractivity contribution in [3.05, 3.63) is 11.9 Å². The third-order valence-electron chi connectivity index (χ3n) is 5.00. The molecule has 2 aliphatic heterocycles. The van der Waals surface area contributed by atoms with E-state index in [4.69, 9.17) is 4.74 Å². The van der Waals surface area contributed by atoms with Gasteiger partial charge in [0.1, 0.15) is 18.2 Å². The van der Waals surface area contributed by atoms with Gasteiger partial charge in [-0.3, -0.25) is 14.5 Å². The second-order valence-electron chi connectivity index (χ2n) is 8.51. The van der Waals surface area contributed by atoms with Crippen molar-refractivity contribution < 1.29 is 14.3 Å². The molecule has 0 radical (unpaired) electrons. The van der Waals surface area contributed by atoms with Crippen molar-refractivity contribution in [2.45, 2.75) is 77.6 Å². The van der Waals surface area contributed by atoms with Crippen molar-refractivity contribution in [2.75, 3.05) is 19.6 Å². The fourth-order valence-corrected chi connectivity index (χ4v) is 3.73. The Hall–Kier alpha value is -1.96. The predicted molar refractivity (Wildman–Crippen MR) is 99.7 cm³/mol. The van der Waals surface area contributed by atoms with E-state index in [-0.39, 0.29) is 24.5 Å². The zero-order valence-electron chi connectivity index (χ0n) is 16.7. The molecule has 0 aliphatic carbocycles. The number of nitrogens with zero attached hydrogens (tertiary/aromatic N) is 5. The number of esters is 1. The van der Waals surface area contributed by atoms with Crippen LogP contribution in [0, 0.1) is 0 Å². The molecule has 1 aromatic rings. The molecular weight excluding hydrogens is 346 g/mol. The van der Waals surface area contributed by atoms with Crippen LogP contribution in [0.2, 0.25) is 0 Å². The highest BCUT2D eigenvalue weighted by Crippen LogP contribution is 2.22. The second kappa shape index (κ2) is 8.37. The first kappa shape index (κ1) is 19.8. The second-order valence-corrected chi connectivity index (χ2v) is 8.51. The number of hydrogen-bond acceptors (Lipinski definition) is 6. The number of carbonyl (C=O) groups excluding carboxylic acids is 2. The van der Waals surface area contributed by atoms with Gasteiger partial charge in [0.25, 0.3) is 0 Å². The third kappa shape index (κ3) is 5.51. The summed E-state index contributed by atoms with van der Waals surface area (Å²) in [5, 5.41) is 8.29. The van der Waals surface area contributed by atoms with E-state index in [2.05, 4.69) is 15.2 Å². The first-order valence-corrected chi connectivity index (χ1v) is 9.95. The van der Waals surface area contributed by atoms with Crippen LogP contribution in [-0.4, -0.2) is 67.9 Å². The Kier molecular flexibility index (Phi) is 6.14. The minimum atomic E-state index is -0.483. The fourth-order valence-electron chi connectivity index (χ4n) is 3.73. The smallest absolute Gasteiger partial charge is 0.323 e. The Morgan fingerprint density at radius 3 is 2.59 bits per heavy atom. The molecule has 1 unspecified atom stereocenters. The Labute approximate surface area is 160 Å². The number of piperidine rings is 1. The van der Waals surface area contributed by atoms with Crippen LogP contribution in [0.4, 0.5) is 0 Å². The molecule has 1 amide bonds. The molecule has 2 saturated heterocycles. The van der Waals surface area contributed by atoms with Crippen LogP contribution in [0.1, 0.15) is 58.6 Å². The van der Waals surface area contributed by atoms with Gasteiger partial charge in [-0.15, -0.1) is 5.10 Å². The van der Waals surface area contributed by atoms with Crippen molar-refractivity contribution in [3.63, 3.8) is 0 Å². The molecule has 0 bridgehead atoms. The van der Waals surface area contributed by atoms with Crippen molar-refractivity contribution in [2.24, 2.45) is 0 Å². The summed E-state index contributed by atoms with van der Waals surface area (Å²) in [5.74, 6) is -0.0772. The molecular formula is C19H31N5O3. The summed E-state index contributed by atoms with van der Waals surface area (Å²) in [6.07, 6.45) is 6.94. The highest BCUT2D eigenvalue weighted by molar-refractivity contribution is 5.76. The van der Waals surface area contributed by atoms with Gasteiger partial charge < -0.3 is 9.64 Å². The summed E-state index contributed by atoms with van der Waals surface area (Å²) < 4.78 is 7.14. The zero-order chi connectivity index (χ0) is 19.4. The molecule has 2 fully saturated rings. The maximum atomic E-state index is 12.4. The minimum Gasteiger partial charge on any atom is -0.459 e. The van der Waals surface area contributed by atoms with E-state index < -0.39 is 5.60 Å². The number of aromatic nitrogens is 3. The van der Waals surface area contributed by atoms with Gasteiger partial charge in [0.15, 0.2) is 0 Å². The lowest BCUT2D eigenvalue weighted by Gasteiger charge is -2.26. The van der Waals surface area contributed by atoms with Crippen LogP contribution in [-0.2, 0) is 27.4 Å². The zero-order valence-corrected chi connectivity index (χ0v) is 16.7. The summed E-state index contributed by atoms with van der Waals surface area (Å²) in [5.41, 5.74) is 0.292. The minimum absolute atomic E-state index is 0.0963. The first-order valence-electron chi connectivity index (χ1n) is 9.95. The standard InChI is InChI=1S/C19H31N5O3/c1-19(2,3)27-18(26)16-8-7-11-23(16)12-15-13-24(21-20-15)14-17(25)22-9-5-4-6-10-22/h13,16H,4-12,14H2,1-3H3. The molecule has 1 atom stereocenters. The van der Waals surface area contributed by atoms with Gasteiger partial charge >= 0.3 is 5.97 Å². The Morgan fingerprint density at radius 1 is 1.15 bits per heavy atom. The van der Waals surface area contributed by atoms with E-state index in [9.17, 15) is 9.59 Å². The average Bonchev–Trinajstić information content (AvgIpc) is 3.24. The Morgan fingerprint density at radius 2 is 1.89 bits per heavy atom. The van der Waals surface area contributed by atoms with Gasteiger partial charge in [0.2, 0.25) is 5.91 Å². The highest BCUT2D eigenvalue weighted by Gasteiger charge is 2.34. The molecule has 8 nitrogen and oxygen atoms in total. The van der Waals surface area contributed by atoms with Crippen LogP contribution >= 0.6 is 0 Å². The van der Waals surface area contributed by atoms with Gasteiger partial charge in [0.05, 0.1) is 11.9 Å². The van der Waals surface area contributed by atoms with Gasteiger partial charge in [-0.25, -0.2) is 4.68 Å². The normalized spacial score (nSPS) is 21.4. The van der Waals surface area contributed by atoms with Gasteiger partial charge in [-0.2, -0.15) is 0 Å². The molecule has 27 heavy (non-hydrogen) atoms. The van der Waals surface area contributed by atoms with Crippen LogP contribution in [0.5, 0.6) is 0 Å². The van der Waals surface area contributed by atoms with Crippen molar-refractivity contribution in [3.8, 4) is 0 Å². The molecule has 1 aromatic heterocycles. The van der Waals surface area contributed by atoms with E-state index in [0.717, 1.165) is 51.0 Å². The van der Waals surface area contributed by atoms with Crippen LogP contribution in [0.25, 0.3) is 0 Å². The average molecular weight is 377 g/mol. The molecule has 0 spiro atoms. The molecule has 0 saturated carbocycles. The number of rotatable bonds is 5. The monoisotopic (exact) mass is 377 g/mol. The lowest BCUT2D eigenvalue weighted by molar-refractivity contribution is -0.160. The summed E-state index contributed by atoms with van der Waals surface area (Å²) in [4.78, 5) is 28.8. The molecule has 3 heterocycles. The lowest BCUT2D eigenvalue weighted by Crippen LogP contribution is -2.40. The van der Waals surface area contributed by atoms with E-state index in [1.807, 2.05) is 31.9 Å². The SMILES string of the molecule is CC(C)(C)OC(=O)C1CCCN1Cc1cn(CC(=O)N2CCCCC2)nn1. The van der Waals surface area contributed by atoms with Crippen LogP contribution in [0.3, 0.4) is 0 Å². The van der Waals surface area contributed by atoms with Gasteiger partial charge in [-0.05, 0) is 59.4 Å². The molecule has 3 rings (SSSR count).